The molecule has 0 aliphatic heterocycles. The Hall–Kier alpha value is -1.16. The molecule has 1 aromatic heterocycles. The van der Waals surface area contributed by atoms with Gasteiger partial charge in [0.1, 0.15) is 0 Å². The number of hydrazone groups is 1. The predicted octanol–water partition coefficient (Wildman–Crippen LogP) is 1.94. The van der Waals surface area contributed by atoms with Crippen LogP contribution in [-0.4, -0.2) is 15.7 Å². The van der Waals surface area contributed by atoms with Crippen molar-refractivity contribution in [2.24, 2.45) is 5.10 Å². The second-order valence-electron chi connectivity index (χ2n) is 2.37. The molecule has 0 bridgehead atoms. The first kappa shape index (κ1) is 8.93. The van der Waals surface area contributed by atoms with Crippen LogP contribution in [0.1, 0.15) is 13.8 Å². The zero-order valence-electron chi connectivity index (χ0n) is 6.87. The summed E-state index contributed by atoms with van der Waals surface area (Å²) in [6.07, 6.45) is 3.07. The van der Waals surface area contributed by atoms with Crippen molar-refractivity contribution in [2.45, 2.75) is 13.8 Å². The van der Waals surface area contributed by atoms with E-state index < -0.39 is 0 Å². The summed E-state index contributed by atoms with van der Waals surface area (Å²) in [6.45, 7) is 3.74. The summed E-state index contributed by atoms with van der Waals surface area (Å²) in [6, 6.07) is 0. The number of nitrogens with zero attached hydrogens (tertiary/aromatic N) is 3. The second kappa shape index (κ2) is 4.01. The molecular formula is C7H9ClN4. The van der Waals surface area contributed by atoms with Crippen molar-refractivity contribution in [3.05, 3.63) is 17.5 Å². The second-order valence-corrected chi connectivity index (χ2v) is 2.72. The fourth-order valence-electron chi connectivity index (χ4n) is 0.561. The van der Waals surface area contributed by atoms with E-state index in [-0.39, 0.29) is 0 Å². The molecule has 0 spiro atoms. The van der Waals surface area contributed by atoms with Gasteiger partial charge in [0.25, 0.3) is 0 Å². The summed E-state index contributed by atoms with van der Waals surface area (Å²) < 4.78 is 0. The number of halogens is 1. The molecule has 4 nitrogen and oxygen atoms in total. The van der Waals surface area contributed by atoms with E-state index >= 15 is 0 Å². The number of nitrogens with one attached hydrogen (secondary N) is 1. The van der Waals surface area contributed by atoms with E-state index in [0.29, 0.717) is 11.0 Å². The van der Waals surface area contributed by atoms with Crippen LogP contribution < -0.4 is 5.43 Å². The number of hydrogen-bond donors (Lipinski definition) is 1. The van der Waals surface area contributed by atoms with Gasteiger partial charge in [0.15, 0.2) is 11.0 Å². The van der Waals surface area contributed by atoms with Crippen molar-refractivity contribution in [3.63, 3.8) is 0 Å². The molecule has 0 amide bonds. The molecule has 0 fully saturated rings. The highest BCUT2D eigenvalue weighted by atomic mass is 35.5. The Labute approximate surface area is 75.7 Å². The smallest absolute Gasteiger partial charge is 0.184 e. The Kier molecular flexibility index (Phi) is 2.99. The van der Waals surface area contributed by atoms with Gasteiger partial charge in [-0.3, -0.25) is 5.43 Å². The summed E-state index contributed by atoms with van der Waals surface area (Å²) >= 11 is 5.70. The maximum absolute atomic E-state index is 5.70. The molecule has 12 heavy (non-hydrogen) atoms. The topological polar surface area (TPSA) is 50.2 Å². The molecule has 0 saturated carbocycles. The largest absolute Gasteiger partial charge is 0.259 e. The van der Waals surface area contributed by atoms with Gasteiger partial charge in [-0.05, 0) is 13.8 Å². The first-order valence-electron chi connectivity index (χ1n) is 3.43. The van der Waals surface area contributed by atoms with E-state index in [0.717, 1.165) is 5.71 Å². The minimum Gasteiger partial charge on any atom is -0.259 e. The van der Waals surface area contributed by atoms with Crippen LogP contribution >= 0.6 is 11.6 Å². The van der Waals surface area contributed by atoms with Gasteiger partial charge in [-0.1, -0.05) is 11.6 Å². The lowest BCUT2D eigenvalue weighted by atomic mass is 10.5. The molecule has 1 aromatic rings. The van der Waals surface area contributed by atoms with Crippen LogP contribution in [0.2, 0.25) is 5.15 Å². The number of hydrogen-bond acceptors (Lipinski definition) is 4. The van der Waals surface area contributed by atoms with Crippen LogP contribution in [0.25, 0.3) is 0 Å². The molecule has 0 atom stereocenters. The number of rotatable bonds is 2. The molecule has 1 rings (SSSR count). The van der Waals surface area contributed by atoms with E-state index in [2.05, 4.69) is 20.5 Å². The van der Waals surface area contributed by atoms with E-state index in [1.165, 1.54) is 6.20 Å². The number of aromatic nitrogens is 2. The van der Waals surface area contributed by atoms with Crippen LogP contribution in [0.15, 0.2) is 17.5 Å². The third kappa shape index (κ3) is 2.47. The quantitative estimate of drug-likeness (QED) is 0.565. The van der Waals surface area contributed by atoms with Gasteiger partial charge in [0, 0.05) is 18.1 Å². The van der Waals surface area contributed by atoms with Crippen molar-refractivity contribution >= 4 is 23.1 Å². The third-order valence-corrected chi connectivity index (χ3v) is 1.32. The predicted molar refractivity (Wildman–Crippen MR) is 49.4 cm³/mol. The fraction of sp³-hybridized carbons (Fsp3) is 0.286. The minimum absolute atomic E-state index is 0.322. The fourth-order valence-corrected chi connectivity index (χ4v) is 0.708. The lowest BCUT2D eigenvalue weighted by molar-refractivity contribution is 1.15. The molecular weight excluding hydrogens is 176 g/mol. The average Bonchev–Trinajstić information content (AvgIpc) is 2.03. The molecule has 0 saturated heterocycles. The summed E-state index contributed by atoms with van der Waals surface area (Å²) in [7, 11) is 0. The average molecular weight is 185 g/mol. The van der Waals surface area contributed by atoms with Crippen LogP contribution in [0.4, 0.5) is 5.82 Å². The first-order valence-corrected chi connectivity index (χ1v) is 3.81. The molecule has 0 aromatic carbocycles. The van der Waals surface area contributed by atoms with Crippen molar-refractivity contribution < 1.29 is 0 Å². The van der Waals surface area contributed by atoms with Crippen molar-refractivity contribution in [1.29, 1.82) is 0 Å². The Balaban J connectivity index is 2.76. The zero-order valence-corrected chi connectivity index (χ0v) is 7.63. The molecule has 0 unspecified atom stereocenters. The monoisotopic (exact) mass is 184 g/mol. The first-order chi connectivity index (χ1) is 5.70. The Morgan fingerprint density at radius 2 is 2.08 bits per heavy atom. The lowest BCUT2D eigenvalue weighted by Gasteiger charge is -1.99. The molecule has 0 aliphatic carbocycles. The highest BCUT2D eigenvalue weighted by Gasteiger charge is 1.98. The van der Waals surface area contributed by atoms with Crippen molar-refractivity contribution in [2.75, 3.05) is 5.43 Å². The molecule has 1 N–H and O–H groups in total. The minimum atomic E-state index is 0.322. The van der Waals surface area contributed by atoms with Crippen LogP contribution in [0, 0.1) is 0 Å². The van der Waals surface area contributed by atoms with Crippen LogP contribution in [-0.2, 0) is 0 Å². The van der Waals surface area contributed by atoms with Crippen LogP contribution in [0.3, 0.4) is 0 Å². The maximum atomic E-state index is 5.70. The standard InChI is InChI=1S/C7H9ClN4/c1-5(2)11-12-7-6(8)9-3-4-10-7/h3-4H,1-2H3,(H,10,12). The van der Waals surface area contributed by atoms with Gasteiger partial charge in [0.05, 0.1) is 0 Å². The third-order valence-electron chi connectivity index (χ3n) is 1.04. The van der Waals surface area contributed by atoms with Crippen molar-refractivity contribution in [1.82, 2.24) is 9.97 Å². The molecule has 0 radical (unpaired) electrons. The summed E-state index contributed by atoms with van der Waals surface area (Å²) in [5.41, 5.74) is 3.59. The highest BCUT2D eigenvalue weighted by molar-refractivity contribution is 6.31. The van der Waals surface area contributed by atoms with Gasteiger partial charge < -0.3 is 0 Å². The highest BCUT2D eigenvalue weighted by Crippen LogP contribution is 2.13. The van der Waals surface area contributed by atoms with Gasteiger partial charge in [0.2, 0.25) is 0 Å². The molecule has 0 aliphatic rings. The molecule has 5 heteroatoms. The Morgan fingerprint density at radius 3 is 2.67 bits per heavy atom. The summed E-state index contributed by atoms with van der Waals surface area (Å²) in [4.78, 5) is 7.77. The molecule has 1 heterocycles. The van der Waals surface area contributed by atoms with E-state index in [9.17, 15) is 0 Å². The lowest BCUT2D eigenvalue weighted by Crippen LogP contribution is -1.96. The van der Waals surface area contributed by atoms with E-state index in [1.807, 2.05) is 13.8 Å². The normalized spacial score (nSPS) is 9.25. The summed E-state index contributed by atoms with van der Waals surface area (Å²) in [5.74, 6) is 0.473. The summed E-state index contributed by atoms with van der Waals surface area (Å²) in [5, 5.41) is 4.26. The van der Waals surface area contributed by atoms with Gasteiger partial charge in [-0.2, -0.15) is 5.10 Å². The van der Waals surface area contributed by atoms with Gasteiger partial charge in [-0.25, -0.2) is 9.97 Å². The van der Waals surface area contributed by atoms with Gasteiger partial charge in [-0.15, -0.1) is 0 Å². The van der Waals surface area contributed by atoms with Crippen molar-refractivity contribution in [3.8, 4) is 0 Å². The Bertz CT molecular complexity index is 293. The van der Waals surface area contributed by atoms with E-state index in [4.69, 9.17) is 11.6 Å². The SMILES string of the molecule is CC(C)=NNc1nccnc1Cl. The zero-order chi connectivity index (χ0) is 8.97. The Morgan fingerprint density at radius 1 is 1.42 bits per heavy atom. The van der Waals surface area contributed by atoms with Crippen LogP contribution in [0.5, 0.6) is 0 Å². The van der Waals surface area contributed by atoms with E-state index in [1.54, 1.807) is 6.20 Å². The van der Waals surface area contributed by atoms with Gasteiger partial charge >= 0.3 is 0 Å². The maximum Gasteiger partial charge on any atom is 0.184 e. The molecule has 64 valence electrons. The number of anilines is 1.